The monoisotopic (exact) mass is 712 g/mol. The minimum absolute atomic E-state index is 0.00234. The summed E-state index contributed by atoms with van der Waals surface area (Å²) >= 11 is 0. The first-order valence-electron chi connectivity index (χ1n) is 19.1. The van der Waals surface area contributed by atoms with Crippen molar-refractivity contribution in [3.63, 3.8) is 0 Å². The van der Waals surface area contributed by atoms with E-state index >= 15 is 0 Å². The number of hydrogen-bond donors (Lipinski definition) is 3. The van der Waals surface area contributed by atoms with Crippen LogP contribution in [0.25, 0.3) is 0 Å². The van der Waals surface area contributed by atoms with Gasteiger partial charge in [-0.25, -0.2) is 4.98 Å². The maximum Gasteiger partial charge on any atom is 0.226 e. The van der Waals surface area contributed by atoms with Gasteiger partial charge in [0, 0.05) is 55.7 Å². The summed E-state index contributed by atoms with van der Waals surface area (Å²) < 4.78 is 2.26. The predicted octanol–water partition coefficient (Wildman–Crippen LogP) is 5.29. The maximum atomic E-state index is 14.1. The maximum absolute atomic E-state index is 14.1. The van der Waals surface area contributed by atoms with Crippen molar-refractivity contribution in [1.29, 1.82) is 0 Å². The number of Topliss-reactive ketones (excluding diaryl/α,β-unsaturated/α-hetero) is 2. The summed E-state index contributed by atoms with van der Waals surface area (Å²) in [6.07, 6.45) is 6.80. The van der Waals surface area contributed by atoms with Gasteiger partial charge in [-0.2, -0.15) is 0 Å². The van der Waals surface area contributed by atoms with Crippen molar-refractivity contribution < 1.29 is 19.2 Å². The fourth-order valence-electron chi connectivity index (χ4n) is 7.52. The number of nitrogens with one attached hydrogen (secondary N) is 1. The lowest BCUT2D eigenvalue weighted by Crippen LogP contribution is -2.48. The molecule has 0 saturated carbocycles. The average molecular weight is 713 g/mol. The van der Waals surface area contributed by atoms with Crippen molar-refractivity contribution in [2.75, 3.05) is 19.6 Å². The highest BCUT2D eigenvalue weighted by Crippen LogP contribution is 2.28. The van der Waals surface area contributed by atoms with Crippen LogP contribution in [0.1, 0.15) is 93.9 Å². The summed E-state index contributed by atoms with van der Waals surface area (Å²) in [5.74, 6) is -0.794. The van der Waals surface area contributed by atoms with Crippen LogP contribution >= 0.6 is 0 Å². The van der Waals surface area contributed by atoms with Crippen molar-refractivity contribution in [1.82, 2.24) is 19.8 Å². The van der Waals surface area contributed by atoms with Crippen molar-refractivity contribution in [2.45, 2.75) is 110 Å². The molecule has 2 heterocycles. The lowest BCUT2D eigenvalue weighted by Gasteiger charge is -2.36. The molecular formula is C42H60N6O4. The number of aromatic nitrogens is 2. The quantitative estimate of drug-likeness (QED) is 0.135. The van der Waals surface area contributed by atoms with Crippen LogP contribution < -0.4 is 16.8 Å². The van der Waals surface area contributed by atoms with Gasteiger partial charge in [0.1, 0.15) is 5.82 Å². The van der Waals surface area contributed by atoms with Gasteiger partial charge in [0.2, 0.25) is 11.8 Å². The third-order valence-electron chi connectivity index (χ3n) is 10.4. The predicted molar refractivity (Wildman–Crippen MR) is 205 cm³/mol. The highest BCUT2D eigenvalue weighted by Gasteiger charge is 2.34. The molecule has 1 fully saturated rings. The summed E-state index contributed by atoms with van der Waals surface area (Å²) in [5.41, 5.74) is 15.2. The molecule has 10 heteroatoms. The van der Waals surface area contributed by atoms with Crippen molar-refractivity contribution >= 4 is 23.4 Å². The van der Waals surface area contributed by atoms with Crippen LogP contribution in [0.5, 0.6) is 0 Å². The third-order valence-corrected chi connectivity index (χ3v) is 10.4. The molecule has 4 atom stereocenters. The normalized spacial score (nSPS) is 15.9. The summed E-state index contributed by atoms with van der Waals surface area (Å²) in [5, 5.41) is 3.05. The van der Waals surface area contributed by atoms with E-state index < -0.39 is 23.9 Å². The molecule has 0 aliphatic carbocycles. The van der Waals surface area contributed by atoms with Crippen LogP contribution in [0.2, 0.25) is 0 Å². The van der Waals surface area contributed by atoms with Crippen LogP contribution in [-0.4, -0.2) is 69.5 Å². The van der Waals surface area contributed by atoms with E-state index in [0.29, 0.717) is 45.3 Å². The zero-order valence-electron chi connectivity index (χ0n) is 31.6. The van der Waals surface area contributed by atoms with Gasteiger partial charge in [0.15, 0.2) is 11.6 Å². The fourth-order valence-corrected chi connectivity index (χ4v) is 7.52. The van der Waals surface area contributed by atoms with Gasteiger partial charge in [0.25, 0.3) is 0 Å². The van der Waals surface area contributed by atoms with E-state index in [1.54, 1.807) is 0 Å². The van der Waals surface area contributed by atoms with Crippen molar-refractivity contribution in [3.05, 3.63) is 89.5 Å². The Balaban J connectivity index is 1.46. The Kier molecular flexibility index (Phi) is 15.8. The number of amides is 2. The number of likely N-dealkylation sites (tertiary alicyclic amines) is 1. The van der Waals surface area contributed by atoms with E-state index in [1.165, 1.54) is 0 Å². The molecule has 2 amide bonds. The number of hydrogen-bond acceptors (Lipinski definition) is 7. The third kappa shape index (κ3) is 12.0. The standard InChI is InChI=1S/C42H60N6O4/c1-29(2)23-38(46-41(51)35(24-32-13-7-5-8-14-32)27-39(49)37(44)25-33-15-9-6-10-16-33)40(50)26-34(17-11-12-20-43)42(52)47-21-18-36(19-22-47)48-30(3)28-45-31(48)4/h5-10,13-16,28-29,34-38H,11-12,17-27,43-44H2,1-4H3,(H,46,51)/t34-,35-,37+,38+/m0/s1. The molecule has 1 aliphatic rings. The number of nitrogens with zero attached hydrogens (tertiary/aromatic N) is 3. The van der Waals surface area contributed by atoms with Crippen LogP contribution in [0, 0.1) is 31.6 Å². The fraction of sp³-hybridized carbons (Fsp3) is 0.548. The van der Waals surface area contributed by atoms with E-state index in [-0.39, 0.29) is 48.2 Å². The van der Waals surface area contributed by atoms with Crippen LogP contribution in [0.4, 0.5) is 0 Å². The number of aryl methyl sites for hydroxylation is 2. The largest absolute Gasteiger partial charge is 0.346 e. The van der Waals surface area contributed by atoms with Crippen molar-refractivity contribution in [3.8, 4) is 0 Å². The first kappa shape index (κ1) is 40.6. The number of imidazole rings is 1. The van der Waals surface area contributed by atoms with Gasteiger partial charge < -0.3 is 26.3 Å². The highest BCUT2D eigenvalue weighted by molar-refractivity contribution is 5.94. The number of nitrogens with two attached hydrogens (primary N) is 2. The molecule has 0 unspecified atom stereocenters. The minimum atomic E-state index is -0.776. The van der Waals surface area contributed by atoms with Crippen molar-refractivity contribution in [2.24, 2.45) is 29.2 Å². The molecule has 5 N–H and O–H groups in total. The first-order chi connectivity index (χ1) is 25.0. The minimum Gasteiger partial charge on any atom is -0.346 e. The molecule has 282 valence electrons. The topological polar surface area (TPSA) is 153 Å². The van der Waals surface area contributed by atoms with Gasteiger partial charge >= 0.3 is 0 Å². The number of benzene rings is 2. The summed E-state index contributed by atoms with van der Waals surface area (Å²) in [6, 6.07) is 18.0. The van der Waals surface area contributed by atoms with E-state index in [0.717, 1.165) is 48.3 Å². The highest BCUT2D eigenvalue weighted by atomic mass is 16.2. The molecule has 1 aromatic heterocycles. The van der Waals surface area contributed by atoms with Gasteiger partial charge in [-0.3, -0.25) is 19.2 Å². The Morgan fingerprint density at radius 2 is 1.44 bits per heavy atom. The average Bonchev–Trinajstić information content (AvgIpc) is 3.47. The van der Waals surface area contributed by atoms with Gasteiger partial charge in [0.05, 0.1) is 12.1 Å². The number of rotatable bonds is 20. The second kappa shape index (κ2) is 20.2. The number of ketones is 2. The Morgan fingerprint density at radius 3 is 2.00 bits per heavy atom. The molecule has 0 radical (unpaired) electrons. The Hall–Kier alpha value is -4.15. The van der Waals surface area contributed by atoms with Crippen LogP contribution in [0.15, 0.2) is 66.9 Å². The van der Waals surface area contributed by atoms with E-state index in [4.69, 9.17) is 11.5 Å². The summed E-state index contributed by atoms with van der Waals surface area (Å²) in [7, 11) is 0. The van der Waals surface area contributed by atoms with E-state index in [2.05, 4.69) is 21.8 Å². The Labute approximate surface area is 310 Å². The SMILES string of the molecule is Cc1cnc(C)n1C1CCN(C(=O)[C@@H](CCCCN)CC(=O)[C@@H](CC(C)C)NC(=O)[C@H](CC(=O)[C@H](N)Cc2ccccc2)Cc2ccccc2)CC1. The molecular weight excluding hydrogens is 652 g/mol. The second-order valence-corrected chi connectivity index (χ2v) is 15.1. The molecule has 2 aromatic carbocycles. The second-order valence-electron chi connectivity index (χ2n) is 15.1. The molecule has 4 rings (SSSR count). The molecule has 3 aromatic rings. The lowest BCUT2D eigenvalue weighted by atomic mass is 9.87. The number of carbonyl (C=O) groups excluding carboxylic acids is 4. The molecule has 0 bridgehead atoms. The van der Waals surface area contributed by atoms with Crippen LogP contribution in [-0.2, 0) is 32.0 Å². The van der Waals surface area contributed by atoms with Gasteiger partial charge in [-0.05, 0) is 82.4 Å². The summed E-state index contributed by atoms with van der Waals surface area (Å²) in [4.78, 5) is 62.0. The Bertz CT molecular complexity index is 1560. The smallest absolute Gasteiger partial charge is 0.226 e. The van der Waals surface area contributed by atoms with Gasteiger partial charge in [-0.1, -0.05) is 80.9 Å². The zero-order chi connectivity index (χ0) is 37.6. The molecule has 52 heavy (non-hydrogen) atoms. The number of carbonyl (C=O) groups is 4. The Morgan fingerprint density at radius 1 is 0.846 bits per heavy atom. The lowest BCUT2D eigenvalue weighted by molar-refractivity contribution is -0.140. The first-order valence-corrected chi connectivity index (χ1v) is 19.1. The van der Waals surface area contributed by atoms with Gasteiger partial charge in [-0.15, -0.1) is 0 Å². The summed E-state index contributed by atoms with van der Waals surface area (Å²) in [6.45, 7) is 9.86. The molecule has 1 saturated heterocycles. The van der Waals surface area contributed by atoms with Crippen LogP contribution in [0.3, 0.4) is 0 Å². The van der Waals surface area contributed by atoms with E-state index in [9.17, 15) is 19.2 Å². The zero-order valence-corrected chi connectivity index (χ0v) is 31.6. The number of unbranched alkanes of at least 4 members (excludes halogenated alkanes) is 1. The molecule has 10 nitrogen and oxygen atoms in total. The molecule has 0 spiro atoms. The number of piperidine rings is 1. The molecule has 1 aliphatic heterocycles. The van der Waals surface area contributed by atoms with E-state index in [1.807, 2.05) is 92.5 Å².